The van der Waals surface area contributed by atoms with Crippen molar-refractivity contribution in [2.24, 2.45) is 11.8 Å². The average molecular weight is 296 g/mol. The Morgan fingerprint density at radius 3 is 2.75 bits per heavy atom. The molecule has 2 rings (SSSR count). The van der Waals surface area contributed by atoms with Gasteiger partial charge in [0, 0.05) is 19.1 Å². The second kappa shape index (κ2) is 6.77. The minimum Gasteiger partial charge on any atom is -0.354 e. The molecule has 3 nitrogen and oxygen atoms in total. The molecule has 2 heterocycles. The Bertz CT molecular complexity index is 447. The molecule has 1 aliphatic rings. The summed E-state index contributed by atoms with van der Waals surface area (Å²) in [6, 6.07) is 4.59. The van der Waals surface area contributed by atoms with Crippen LogP contribution in [0.3, 0.4) is 0 Å². The Labute approximate surface area is 127 Å². The Hall–Kier alpha value is -0.800. The van der Waals surface area contributed by atoms with Crippen LogP contribution in [0.2, 0.25) is 5.02 Å². The summed E-state index contributed by atoms with van der Waals surface area (Å²) in [4.78, 5) is 7.16. The van der Waals surface area contributed by atoms with Gasteiger partial charge in [0.1, 0.15) is 5.82 Å². The normalized spacial score (nSPS) is 22.8. The van der Waals surface area contributed by atoms with Gasteiger partial charge in [-0.1, -0.05) is 32.4 Å². The van der Waals surface area contributed by atoms with Gasteiger partial charge < -0.3 is 10.2 Å². The maximum atomic E-state index is 6.26. The van der Waals surface area contributed by atoms with Gasteiger partial charge in [-0.3, -0.25) is 0 Å². The first-order chi connectivity index (χ1) is 9.47. The van der Waals surface area contributed by atoms with Crippen molar-refractivity contribution >= 4 is 17.4 Å². The zero-order valence-corrected chi connectivity index (χ0v) is 13.7. The van der Waals surface area contributed by atoms with E-state index >= 15 is 0 Å². The van der Waals surface area contributed by atoms with Crippen molar-refractivity contribution in [3.8, 4) is 0 Å². The highest BCUT2D eigenvalue weighted by Gasteiger charge is 2.27. The fourth-order valence-corrected chi connectivity index (χ4v) is 3.03. The van der Waals surface area contributed by atoms with Crippen molar-refractivity contribution in [2.45, 2.75) is 46.7 Å². The summed E-state index contributed by atoms with van der Waals surface area (Å²) in [5, 5.41) is 4.17. The summed E-state index contributed by atoms with van der Waals surface area (Å²) in [5.74, 6) is 2.44. The number of anilines is 1. The third-order valence-corrected chi connectivity index (χ3v) is 4.17. The van der Waals surface area contributed by atoms with Crippen LogP contribution in [0, 0.1) is 11.8 Å². The number of pyridine rings is 1. The average Bonchev–Trinajstić information content (AvgIpc) is 2.70. The number of hydrogen-bond donors (Lipinski definition) is 1. The SMILES string of the molecule is CC(C)CNCc1nc(N2CC(C)CC2C)ccc1Cl. The van der Waals surface area contributed by atoms with Crippen molar-refractivity contribution in [1.82, 2.24) is 10.3 Å². The molecule has 20 heavy (non-hydrogen) atoms. The van der Waals surface area contributed by atoms with E-state index in [9.17, 15) is 0 Å². The van der Waals surface area contributed by atoms with Crippen LogP contribution in [-0.2, 0) is 6.54 Å². The molecule has 1 fully saturated rings. The summed E-state index contributed by atoms with van der Waals surface area (Å²) >= 11 is 6.26. The highest BCUT2D eigenvalue weighted by atomic mass is 35.5. The quantitative estimate of drug-likeness (QED) is 0.897. The van der Waals surface area contributed by atoms with Gasteiger partial charge in [0.25, 0.3) is 0 Å². The van der Waals surface area contributed by atoms with E-state index in [2.05, 4.69) is 37.9 Å². The fourth-order valence-electron chi connectivity index (χ4n) is 2.86. The monoisotopic (exact) mass is 295 g/mol. The van der Waals surface area contributed by atoms with Gasteiger partial charge in [0.2, 0.25) is 0 Å². The van der Waals surface area contributed by atoms with Gasteiger partial charge in [-0.05, 0) is 43.9 Å². The zero-order chi connectivity index (χ0) is 14.7. The van der Waals surface area contributed by atoms with Gasteiger partial charge in [-0.2, -0.15) is 0 Å². The predicted molar refractivity (Wildman–Crippen MR) is 86.4 cm³/mol. The van der Waals surface area contributed by atoms with Crippen molar-refractivity contribution in [3.05, 3.63) is 22.8 Å². The number of nitrogens with zero attached hydrogens (tertiary/aromatic N) is 2. The molecule has 2 atom stereocenters. The maximum Gasteiger partial charge on any atom is 0.129 e. The largest absolute Gasteiger partial charge is 0.354 e. The first-order valence-corrected chi connectivity index (χ1v) is 7.98. The first kappa shape index (κ1) is 15.6. The van der Waals surface area contributed by atoms with Crippen LogP contribution in [-0.4, -0.2) is 24.1 Å². The zero-order valence-electron chi connectivity index (χ0n) is 13.0. The van der Waals surface area contributed by atoms with Crippen LogP contribution < -0.4 is 10.2 Å². The third kappa shape index (κ3) is 3.86. The van der Waals surface area contributed by atoms with Gasteiger partial charge in [-0.25, -0.2) is 4.98 Å². The van der Waals surface area contributed by atoms with Crippen LogP contribution in [0.1, 0.15) is 39.8 Å². The van der Waals surface area contributed by atoms with Crippen molar-refractivity contribution in [1.29, 1.82) is 0 Å². The molecule has 112 valence electrons. The molecule has 1 aromatic rings. The topological polar surface area (TPSA) is 28.2 Å². The lowest BCUT2D eigenvalue weighted by Gasteiger charge is -2.23. The molecular weight excluding hydrogens is 270 g/mol. The molecule has 1 aliphatic heterocycles. The Morgan fingerprint density at radius 2 is 2.15 bits per heavy atom. The van der Waals surface area contributed by atoms with Crippen LogP contribution in [0.5, 0.6) is 0 Å². The molecule has 1 saturated heterocycles. The second-order valence-electron chi connectivity index (χ2n) is 6.46. The van der Waals surface area contributed by atoms with E-state index in [1.54, 1.807) is 0 Å². The summed E-state index contributed by atoms with van der Waals surface area (Å²) < 4.78 is 0. The molecule has 2 unspecified atom stereocenters. The van der Waals surface area contributed by atoms with Gasteiger partial charge in [-0.15, -0.1) is 0 Å². The lowest BCUT2D eigenvalue weighted by Crippen LogP contribution is -2.28. The molecule has 4 heteroatoms. The summed E-state index contributed by atoms with van der Waals surface area (Å²) in [5.41, 5.74) is 0.955. The number of hydrogen-bond acceptors (Lipinski definition) is 3. The smallest absolute Gasteiger partial charge is 0.129 e. The first-order valence-electron chi connectivity index (χ1n) is 7.60. The standard InChI is InChI=1S/C16H26ClN3/c1-11(2)8-18-9-15-14(17)5-6-16(19-15)20-10-12(3)7-13(20)4/h5-6,11-13,18H,7-10H2,1-4H3. The minimum atomic E-state index is 0.565. The molecule has 1 aromatic heterocycles. The van der Waals surface area contributed by atoms with Crippen LogP contribution in [0.4, 0.5) is 5.82 Å². The Balaban J connectivity index is 2.08. The molecule has 0 bridgehead atoms. The number of aromatic nitrogens is 1. The molecule has 0 aliphatic carbocycles. The van der Waals surface area contributed by atoms with E-state index in [4.69, 9.17) is 16.6 Å². The molecule has 0 radical (unpaired) electrons. The van der Waals surface area contributed by atoms with E-state index in [-0.39, 0.29) is 0 Å². The third-order valence-electron chi connectivity index (χ3n) is 3.83. The van der Waals surface area contributed by atoms with Gasteiger partial charge in [0.05, 0.1) is 10.7 Å². The lowest BCUT2D eigenvalue weighted by molar-refractivity contribution is 0.548. The molecule has 1 N–H and O–H groups in total. The van der Waals surface area contributed by atoms with Crippen molar-refractivity contribution in [2.75, 3.05) is 18.0 Å². The molecule has 0 spiro atoms. The van der Waals surface area contributed by atoms with Crippen molar-refractivity contribution < 1.29 is 0 Å². The van der Waals surface area contributed by atoms with Gasteiger partial charge in [0.15, 0.2) is 0 Å². The number of halogens is 1. The minimum absolute atomic E-state index is 0.565. The Kier molecular flexibility index (Phi) is 5.28. The van der Waals surface area contributed by atoms with Crippen molar-refractivity contribution in [3.63, 3.8) is 0 Å². The lowest BCUT2D eigenvalue weighted by atomic mass is 10.1. The van der Waals surface area contributed by atoms with Crippen LogP contribution >= 0.6 is 11.6 Å². The maximum absolute atomic E-state index is 6.26. The fraction of sp³-hybridized carbons (Fsp3) is 0.688. The van der Waals surface area contributed by atoms with E-state index in [1.807, 2.05) is 12.1 Å². The van der Waals surface area contributed by atoms with E-state index in [1.165, 1.54) is 6.42 Å². The predicted octanol–water partition coefficient (Wildman–Crippen LogP) is 3.72. The molecule has 0 saturated carbocycles. The van der Waals surface area contributed by atoms with Gasteiger partial charge >= 0.3 is 0 Å². The summed E-state index contributed by atoms with van der Waals surface area (Å²) in [7, 11) is 0. The summed E-state index contributed by atoms with van der Waals surface area (Å²) in [6.07, 6.45) is 1.24. The van der Waals surface area contributed by atoms with Crippen LogP contribution in [0.15, 0.2) is 12.1 Å². The summed E-state index contributed by atoms with van der Waals surface area (Å²) in [6.45, 7) is 11.8. The Morgan fingerprint density at radius 1 is 1.40 bits per heavy atom. The van der Waals surface area contributed by atoms with E-state index in [0.717, 1.165) is 42.1 Å². The molecule has 0 aromatic carbocycles. The number of rotatable bonds is 5. The molecular formula is C16H26ClN3. The number of nitrogens with one attached hydrogen (secondary N) is 1. The van der Waals surface area contributed by atoms with Crippen LogP contribution in [0.25, 0.3) is 0 Å². The molecule has 0 amide bonds. The highest BCUT2D eigenvalue weighted by molar-refractivity contribution is 6.31. The van der Waals surface area contributed by atoms with E-state index < -0.39 is 0 Å². The highest BCUT2D eigenvalue weighted by Crippen LogP contribution is 2.28. The van der Waals surface area contributed by atoms with E-state index in [0.29, 0.717) is 12.0 Å². The second-order valence-corrected chi connectivity index (χ2v) is 6.87.